The van der Waals surface area contributed by atoms with E-state index in [0.29, 0.717) is 15.9 Å². The van der Waals surface area contributed by atoms with E-state index in [0.717, 1.165) is 44.9 Å². The van der Waals surface area contributed by atoms with Crippen molar-refractivity contribution in [2.75, 3.05) is 0 Å². The van der Waals surface area contributed by atoms with E-state index in [9.17, 15) is 9.59 Å². The van der Waals surface area contributed by atoms with Gasteiger partial charge < -0.3 is 10.4 Å². The van der Waals surface area contributed by atoms with Crippen molar-refractivity contribution in [2.45, 2.75) is 80.6 Å². The summed E-state index contributed by atoms with van der Waals surface area (Å²) in [5, 5.41) is 12.0. The van der Waals surface area contributed by atoms with Gasteiger partial charge in [-0.25, -0.2) is 0 Å². The summed E-state index contributed by atoms with van der Waals surface area (Å²) in [4.78, 5) is 23.0. The van der Waals surface area contributed by atoms with E-state index in [4.69, 9.17) is 5.11 Å². The largest absolute Gasteiger partial charge is 0.481 e. The highest BCUT2D eigenvalue weighted by Gasteiger charge is 2.31. The maximum absolute atomic E-state index is 12.4. The Hall–Kier alpha value is -0.330. The second kappa shape index (κ2) is 9.08. The molecule has 2 aliphatic carbocycles. The number of carbonyl (C=O) groups is 2. The predicted octanol–water partition coefficient (Wildman–Crippen LogP) is 3.91. The normalized spacial score (nSPS) is 32.4. The molecule has 0 heterocycles. The summed E-state index contributed by atoms with van der Waals surface area (Å²) in [6.07, 6.45) is 11.1. The topological polar surface area (TPSA) is 66.4 Å². The fourth-order valence-electron chi connectivity index (χ4n) is 3.83. The summed E-state index contributed by atoms with van der Waals surface area (Å²) in [6, 6.07) is 0.341. The predicted molar refractivity (Wildman–Crippen MR) is 95.1 cm³/mol. The number of rotatable bonds is 6. The zero-order valence-electron chi connectivity index (χ0n) is 13.2. The van der Waals surface area contributed by atoms with E-state index < -0.39 is 5.97 Å². The van der Waals surface area contributed by atoms with Crippen LogP contribution in [0.25, 0.3) is 0 Å². The molecular weight excluding hydrogens is 393 g/mol. The van der Waals surface area contributed by atoms with Crippen LogP contribution in [-0.4, -0.2) is 26.9 Å². The van der Waals surface area contributed by atoms with Crippen molar-refractivity contribution in [3.8, 4) is 0 Å². The lowest BCUT2D eigenvalue weighted by atomic mass is 9.82. The van der Waals surface area contributed by atoms with Gasteiger partial charge in [-0.2, -0.15) is 0 Å². The molecule has 0 saturated heterocycles. The highest BCUT2D eigenvalue weighted by Crippen LogP contribution is 2.32. The number of carboxylic acids is 1. The third-order valence-electron chi connectivity index (χ3n) is 5.21. The number of nitrogens with one attached hydrogen (secondary N) is 1. The van der Waals surface area contributed by atoms with E-state index in [1.165, 1.54) is 19.3 Å². The Labute approximate surface area is 146 Å². The average Bonchev–Trinajstić information content (AvgIpc) is 2.49. The summed E-state index contributed by atoms with van der Waals surface area (Å²) in [5.74, 6) is 0.442. The zero-order chi connectivity index (χ0) is 15.9. The van der Waals surface area contributed by atoms with E-state index in [-0.39, 0.29) is 18.2 Å². The number of aliphatic carboxylic acids is 1. The number of alkyl halides is 1. The molecule has 2 unspecified atom stereocenters. The van der Waals surface area contributed by atoms with Gasteiger partial charge in [0.15, 0.2) is 0 Å². The highest BCUT2D eigenvalue weighted by atomic mass is 127. The fraction of sp³-hybridized carbons (Fsp3) is 0.882. The van der Waals surface area contributed by atoms with Crippen molar-refractivity contribution in [3.05, 3.63) is 0 Å². The van der Waals surface area contributed by atoms with Crippen LogP contribution in [-0.2, 0) is 9.59 Å². The Kier molecular flexibility index (Phi) is 7.44. The average molecular weight is 421 g/mol. The molecule has 5 heteroatoms. The van der Waals surface area contributed by atoms with Crippen LogP contribution in [0.15, 0.2) is 0 Å². The molecule has 0 aliphatic heterocycles. The van der Waals surface area contributed by atoms with Gasteiger partial charge in [0, 0.05) is 22.3 Å². The molecule has 0 bridgehead atoms. The lowest BCUT2D eigenvalue weighted by molar-refractivity contribution is -0.137. The first-order chi connectivity index (χ1) is 10.6. The first kappa shape index (κ1) is 18.0. The number of amides is 1. The summed E-state index contributed by atoms with van der Waals surface area (Å²) in [5.41, 5.74) is 0. The first-order valence-corrected chi connectivity index (χ1v) is 9.97. The van der Waals surface area contributed by atoms with Crippen LogP contribution in [0.2, 0.25) is 0 Å². The maximum atomic E-state index is 12.4. The molecule has 2 saturated carbocycles. The Balaban J connectivity index is 1.66. The van der Waals surface area contributed by atoms with Crippen LogP contribution in [0.4, 0.5) is 0 Å². The minimum Gasteiger partial charge on any atom is -0.481 e. The third kappa shape index (κ3) is 5.70. The molecule has 2 fully saturated rings. The molecule has 2 atom stereocenters. The van der Waals surface area contributed by atoms with Gasteiger partial charge >= 0.3 is 5.97 Å². The van der Waals surface area contributed by atoms with Crippen molar-refractivity contribution in [1.82, 2.24) is 5.32 Å². The van der Waals surface area contributed by atoms with Gasteiger partial charge in [0.25, 0.3) is 0 Å². The molecule has 0 spiro atoms. The smallest absolute Gasteiger partial charge is 0.303 e. The lowest BCUT2D eigenvalue weighted by Gasteiger charge is -2.32. The second-order valence-electron chi connectivity index (χ2n) is 6.92. The van der Waals surface area contributed by atoms with Crippen molar-refractivity contribution in [2.24, 2.45) is 11.8 Å². The Morgan fingerprint density at radius 2 is 1.73 bits per heavy atom. The molecule has 2 N–H and O–H groups in total. The van der Waals surface area contributed by atoms with Gasteiger partial charge in [-0.15, -0.1) is 0 Å². The fourth-order valence-corrected chi connectivity index (χ4v) is 4.95. The summed E-state index contributed by atoms with van der Waals surface area (Å²) < 4.78 is 0.499. The standard InChI is InChI=1S/C17H28INO3/c18-15-6-2-1-5-14(15)17(22)19-13-10-8-12(9-11-13)4-3-7-16(20)21/h12-15H,1-11H2,(H,19,22)(H,20,21). The molecule has 0 aromatic rings. The molecule has 0 aromatic carbocycles. The Morgan fingerprint density at radius 1 is 1.05 bits per heavy atom. The molecule has 126 valence electrons. The van der Waals surface area contributed by atoms with Crippen LogP contribution < -0.4 is 5.32 Å². The molecule has 2 aliphatic rings. The van der Waals surface area contributed by atoms with E-state index in [1.807, 2.05) is 0 Å². The molecule has 0 aromatic heterocycles. The number of hydrogen-bond acceptors (Lipinski definition) is 2. The molecule has 2 rings (SSSR count). The lowest BCUT2D eigenvalue weighted by Crippen LogP contribution is -2.44. The number of carbonyl (C=O) groups excluding carboxylic acids is 1. The Morgan fingerprint density at radius 3 is 2.36 bits per heavy atom. The number of carboxylic acid groups (broad SMARTS) is 1. The molecule has 22 heavy (non-hydrogen) atoms. The third-order valence-corrected chi connectivity index (χ3v) is 6.71. The molecule has 4 nitrogen and oxygen atoms in total. The van der Waals surface area contributed by atoms with E-state index in [2.05, 4.69) is 27.9 Å². The van der Waals surface area contributed by atoms with Gasteiger partial charge in [0.1, 0.15) is 0 Å². The minimum atomic E-state index is -0.693. The first-order valence-electron chi connectivity index (χ1n) is 8.72. The van der Waals surface area contributed by atoms with Gasteiger partial charge in [-0.05, 0) is 57.3 Å². The monoisotopic (exact) mass is 421 g/mol. The number of hydrogen-bond donors (Lipinski definition) is 2. The van der Waals surface area contributed by atoms with Crippen molar-refractivity contribution >= 4 is 34.5 Å². The molecular formula is C17H28INO3. The maximum Gasteiger partial charge on any atom is 0.303 e. The van der Waals surface area contributed by atoms with Gasteiger partial charge in [-0.1, -0.05) is 35.4 Å². The van der Waals surface area contributed by atoms with Crippen LogP contribution in [0.5, 0.6) is 0 Å². The van der Waals surface area contributed by atoms with Crippen molar-refractivity contribution < 1.29 is 14.7 Å². The second-order valence-corrected chi connectivity index (χ2v) is 8.52. The van der Waals surface area contributed by atoms with E-state index >= 15 is 0 Å². The van der Waals surface area contributed by atoms with Crippen LogP contribution >= 0.6 is 22.6 Å². The Bertz CT molecular complexity index is 380. The van der Waals surface area contributed by atoms with E-state index in [1.54, 1.807) is 0 Å². The minimum absolute atomic E-state index is 0.211. The van der Waals surface area contributed by atoms with Gasteiger partial charge in [0.2, 0.25) is 5.91 Å². The highest BCUT2D eigenvalue weighted by molar-refractivity contribution is 14.1. The zero-order valence-corrected chi connectivity index (χ0v) is 15.4. The van der Waals surface area contributed by atoms with Crippen LogP contribution in [0.1, 0.15) is 70.6 Å². The van der Waals surface area contributed by atoms with Gasteiger partial charge in [0.05, 0.1) is 0 Å². The van der Waals surface area contributed by atoms with Crippen LogP contribution in [0, 0.1) is 11.8 Å². The molecule has 0 radical (unpaired) electrons. The quantitative estimate of drug-likeness (QED) is 0.505. The van der Waals surface area contributed by atoms with Crippen LogP contribution in [0.3, 0.4) is 0 Å². The summed E-state index contributed by atoms with van der Waals surface area (Å²) in [6.45, 7) is 0. The summed E-state index contributed by atoms with van der Waals surface area (Å²) in [7, 11) is 0. The summed E-state index contributed by atoms with van der Waals surface area (Å²) >= 11 is 2.44. The number of halogens is 1. The van der Waals surface area contributed by atoms with Crippen molar-refractivity contribution in [3.63, 3.8) is 0 Å². The van der Waals surface area contributed by atoms with Crippen molar-refractivity contribution in [1.29, 1.82) is 0 Å². The SMILES string of the molecule is O=C(O)CCCC1CCC(NC(=O)C2CCCCC2I)CC1. The molecule has 1 amide bonds. The van der Waals surface area contributed by atoms with Gasteiger partial charge in [-0.3, -0.25) is 9.59 Å².